The third-order valence-corrected chi connectivity index (χ3v) is 3.85. The third kappa shape index (κ3) is 3.10. The Kier molecular flexibility index (Phi) is 4.24. The van der Waals surface area contributed by atoms with E-state index in [0.29, 0.717) is 19.4 Å². The second-order valence-corrected chi connectivity index (χ2v) is 5.52. The fourth-order valence-corrected chi connectivity index (χ4v) is 2.79. The summed E-state index contributed by atoms with van der Waals surface area (Å²) in [5.41, 5.74) is 0.0737. The van der Waals surface area contributed by atoms with Crippen LogP contribution in [0, 0.1) is 11.6 Å². The highest BCUT2D eigenvalue weighted by Crippen LogP contribution is 2.33. The van der Waals surface area contributed by atoms with E-state index in [2.05, 4.69) is 15.4 Å². The second-order valence-electron chi connectivity index (χ2n) is 5.52. The molecule has 1 atom stereocenters. The van der Waals surface area contributed by atoms with E-state index in [9.17, 15) is 18.4 Å². The molecule has 0 saturated carbocycles. The van der Waals surface area contributed by atoms with Crippen molar-refractivity contribution in [2.45, 2.75) is 18.9 Å². The molecule has 0 spiro atoms. The average molecular weight is 335 g/mol. The molecule has 1 aliphatic rings. The number of benzene rings is 1. The molecule has 1 N–H and O–H groups in total. The monoisotopic (exact) mass is 335 g/mol. The quantitative estimate of drug-likeness (QED) is 0.841. The molecule has 9 heteroatoms. The van der Waals surface area contributed by atoms with Gasteiger partial charge in [0, 0.05) is 19.2 Å². The van der Waals surface area contributed by atoms with Crippen molar-refractivity contribution in [1.82, 2.24) is 19.7 Å². The zero-order chi connectivity index (χ0) is 17.3. The van der Waals surface area contributed by atoms with E-state index in [0.717, 1.165) is 18.2 Å². The Morgan fingerprint density at radius 3 is 2.83 bits per heavy atom. The van der Waals surface area contributed by atoms with Gasteiger partial charge in [-0.3, -0.25) is 19.6 Å². The first-order chi connectivity index (χ1) is 11.5. The van der Waals surface area contributed by atoms with Crippen LogP contribution in [0.2, 0.25) is 0 Å². The van der Waals surface area contributed by atoms with E-state index in [1.165, 1.54) is 15.9 Å². The summed E-state index contributed by atoms with van der Waals surface area (Å²) in [6, 6.07) is 2.42. The topological polar surface area (TPSA) is 80.1 Å². The minimum atomic E-state index is -0.912. The number of halogens is 2. The molecule has 0 aliphatic carbocycles. The minimum absolute atomic E-state index is 0.00327. The van der Waals surface area contributed by atoms with Gasteiger partial charge in [-0.15, -0.1) is 5.10 Å². The van der Waals surface area contributed by atoms with Crippen LogP contribution in [0.25, 0.3) is 0 Å². The lowest BCUT2D eigenvalue weighted by Gasteiger charge is -2.24. The Balaban J connectivity index is 1.78. The maximum absolute atomic E-state index is 14.0. The molecule has 2 aromatic rings. The predicted molar refractivity (Wildman–Crippen MR) is 79.7 cm³/mol. The van der Waals surface area contributed by atoms with Crippen molar-refractivity contribution in [3.8, 4) is 0 Å². The number of amides is 2. The number of carbonyl (C=O) groups is 2. The van der Waals surface area contributed by atoms with Crippen LogP contribution in [0.1, 0.15) is 24.4 Å². The highest BCUT2D eigenvalue weighted by molar-refractivity contribution is 6.39. The number of nitrogens with one attached hydrogen (secondary N) is 1. The van der Waals surface area contributed by atoms with Crippen molar-refractivity contribution in [2.24, 2.45) is 7.05 Å². The molecule has 1 fully saturated rings. The highest BCUT2D eigenvalue weighted by Gasteiger charge is 2.35. The van der Waals surface area contributed by atoms with Crippen LogP contribution in [0.3, 0.4) is 0 Å². The van der Waals surface area contributed by atoms with E-state index >= 15 is 0 Å². The predicted octanol–water partition coefficient (Wildman–Crippen LogP) is 1.40. The summed E-state index contributed by atoms with van der Waals surface area (Å²) < 4.78 is 28.8. The zero-order valence-electron chi connectivity index (χ0n) is 12.9. The van der Waals surface area contributed by atoms with Crippen molar-refractivity contribution in [1.29, 1.82) is 0 Å². The van der Waals surface area contributed by atoms with Gasteiger partial charge in [-0.25, -0.2) is 13.8 Å². The molecule has 2 heterocycles. The van der Waals surface area contributed by atoms with Crippen molar-refractivity contribution in [2.75, 3.05) is 11.9 Å². The smallest absolute Gasteiger partial charge is 0.316 e. The summed E-state index contributed by atoms with van der Waals surface area (Å²) >= 11 is 0. The first-order valence-electron chi connectivity index (χ1n) is 7.38. The number of anilines is 1. The number of hydrogen-bond acceptors (Lipinski definition) is 4. The normalized spacial score (nSPS) is 17.1. The Labute approximate surface area is 136 Å². The Hall–Kier alpha value is -2.84. The van der Waals surface area contributed by atoms with E-state index < -0.39 is 29.5 Å². The number of aromatic nitrogens is 3. The van der Waals surface area contributed by atoms with Crippen molar-refractivity contribution < 1.29 is 18.4 Å². The molecule has 126 valence electrons. The van der Waals surface area contributed by atoms with Crippen LogP contribution >= 0.6 is 0 Å². The Bertz CT molecular complexity index is 792. The molecule has 1 saturated heterocycles. The van der Waals surface area contributed by atoms with Gasteiger partial charge < -0.3 is 4.90 Å². The van der Waals surface area contributed by atoms with Gasteiger partial charge in [0.25, 0.3) is 0 Å². The molecule has 24 heavy (non-hydrogen) atoms. The largest absolute Gasteiger partial charge is 0.327 e. The maximum atomic E-state index is 14.0. The summed E-state index contributed by atoms with van der Waals surface area (Å²) in [5, 5.41) is 6.15. The lowest BCUT2D eigenvalue weighted by molar-refractivity contribution is -0.143. The lowest BCUT2D eigenvalue weighted by atomic mass is 10.0. The van der Waals surface area contributed by atoms with Gasteiger partial charge in [0.05, 0.1) is 6.04 Å². The molecular formula is C15H15F2N5O2. The number of aryl methyl sites for hydroxylation is 1. The number of hydrogen-bond donors (Lipinski definition) is 1. The van der Waals surface area contributed by atoms with Gasteiger partial charge in [-0.05, 0) is 31.0 Å². The molecule has 1 aromatic carbocycles. The lowest BCUT2D eigenvalue weighted by Crippen LogP contribution is -2.39. The van der Waals surface area contributed by atoms with E-state index in [-0.39, 0.29) is 11.5 Å². The molecule has 3 rings (SSSR count). The molecule has 7 nitrogen and oxygen atoms in total. The van der Waals surface area contributed by atoms with Crippen LogP contribution in [0.5, 0.6) is 0 Å². The first kappa shape index (κ1) is 16.0. The number of nitrogens with zero attached hydrogens (tertiary/aromatic N) is 4. The van der Waals surface area contributed by atoms with Crippen molar-refractivity contribution in [3.05, 3.63) is 41.7 Å². The maximum Gasteiger partial charge on any atom is 0.316 e. The van der Waals surface area contributed by atoms with Crippen molar-refractivity contribution >= 4 is 17.8 Å². The van der Waals surface area contributed by atoms with Gasteiger partial charge in [0.15, 0.2) is 0 Å². The van der Waals surface area contributed by atoms with Crippen LogP contribution in [-0.2, 0) is 16.6 Å². The van der Waals surface area contributed by atoms with E-state index in [1.54, 1.807) is 7.05 Å². The fourth-order valence-electron chi connectivity index (χ4n) is 2.79. The Morgan fingerprint density at radius 2 is 2.12 bits per heavy atom. The minimum Gasteiger partial charge on any atom is -0.327 e. The number of rotatable bonds is 2. The summed E-state index contributed by atoms with van der Waals surface area (Å²) in [6.07, 6.45) is 2.43. The Morgan fingerprint density at radius 1 is 1.33 bits per heavy atom. The van der Waals surface area contributed by atoms with Gasteiger partial charge in [-0.1, -0.05) is 0 Å². The van der Waals surface area contributed by atoms with Crippen LogP contribution in [0.15, 0.2) is 24.5 Å². The number of likely N-dealkylation sites (tertiary alicyclic amines) is 1. The molecule has 1 aliphatic heterocycles. The molecule has 1 aromatic heterocycles. The van der Waals surface area contributed by atoms with E-state index in [1.807, 2.05) is 0 Å². The molecule has 2 amide bonds. The standard InChI is InChI=1S/C15H15F2N5O2/c1-21-8-18-15(20-21)19-13(23)14(24)22-6-2-3-12(22)10-7-9(16)4-5-11(10)17/h4-5,7-8,12H,2-3,6H2,1H3,(H,19,20,23). The SMILES string of the molecule is Cn1cnc(NC(=O)C(=O)N2CCCC2c2cc(F)ccc2F)n1. The summed E-state index contributed by atoms with van der Waals surface area (Å²) in [5.74, 6) is -2.93. The van der Waals surface area contributed by atoms with Crippen LogP contribution < -0.4 is 5.32 Å². The third-order valence-electron chi connectivity index (χ3n) is 3.85. The van der Waals surface area contributed by atoms with E-state index in [4.69, 9.17) is 0 Å². The van der Waals surface area contributed by atoms with Crippen LogP contribution in [-0.4, -0.2) is 38.0 Å². The molecule has 1 unspecified atom stereocenters. The van der Waals surface area contributed by atoms with Crippen LogP contribution in [0.4, 0.5) is 14.7 Å². The molecule has 0 radical (unpaired) electrons. The summed E-state index contributed by atoms with van der Waals surface area (Å²) in [7, 11) is 1.62. The number of carbonyl (C=O) groups excluding carboxylic acids is 2. The fraction of sp³-hybridized carbons (Fsp3) is 0.333. The van der Waals surface area contributed by atoms with Crippen molar-refractivity contribution in [3.63, 3.8) is 0 Å². The molecule has 0 bridgehead atoms. The second kappa shape index (κ2) is 6.34. The molecular weight excluding hydrogens is 320 g/mol. The zero-order valence-corrected chi connectivity index (χ0v) is 12.9. The highest BCUT2D eigenvalue weighted by atomic mass is 19.1. The van der Waals surface area contributed by atoms with Gasteiger partial charge >= 0.3 is 11.8 Å². The van der Waals surface area contributed by atoms with Gasteiger partial charge in [0.1, 0.15) is 18.0 Å². The summed E-state index contributed by atoms with van der Waals surface area (Å²) in [6.45, 7) is 0.294. The first-order valence-corrected chi connectivity index (χ1v) is 7.38. The average Bonchev–Trinajstić information content (AvgIpc) is 3.18. The van der Waals surface area contributed by atoms with Gasteiger partial charge in [-0.2, -0.15) is 0 Å². The summed E-state index contributed by atoms with van der Waals surface area (Å²) in [4.78, 5) is 29.5. The van der Waals surface area contributed by atoms with Gasteiger partial charge in [0.2, 0.25) is 5.95 Å².